The van der Waals surface area contributed by atoms with Gasteiger partial charge in [0.1, 0.15) is 17.7 Å². The van der Waals surface area contributed by atoms with Gasteiger partial charge in [-0.15, -0.1) is 0 Å². The predicted molar refractivity (Wildman–Crippen MR) is 75.5 cm³/mol. The summed E-state index contributed by atoms with van der Waals surface area (Å²) >= 11 is 5.95. The standard InChI is InChI=1S/C15H15ClFNO2/c1-2-6-20-11-7-10(8-18-9-11)15(19)14-12(16)4-3-5-13(14)17/h3-5,7-9,15,19H,2,6H2,1H3. The Morgan fingerprint density at radius 2 is 2.20 bits per heavy atom. The second kappa shape index (κ2) is 6.68. The molecular formula is C15H15ClFNO2. The maximum Gasteiger partial charge on any atom is 0.137 e. The SMILES string of the molecule is CCCOc1cncc(C(O)c2c(F)cccc2Cl)c1. The number of halogens is 2. The second-order valence-electron chi connectivity index (χ2n) is 4.34. The predicted octanol–water partition coefficient (Wildman–Crippen LogP) is 3.74. The van der Waals surface area contributed by atoms with E-state index >= 15 is 0 Å². The van der Waals surface area contributed by atoms with Gasteiger partial charge in [0.25, 0.3) is 0 Å². The van der Waals surface area contributed by atoms with Gasteiger partial charge in [-0.25, -0.2) is 4.39 Å². The lowest BCUT2D eigenvalue weighted by atomic mass is 10.0. The summed E-state index contributed by atoms with van der Waals surface area (Å²) < 4.78 is 19.2. The average molecular weight is 296 g/mol. The first-order chi connectivity index (χ1) is 9.63. The van der Waals surface area contributed by atoms with Gasteiger partial charge in [-0.05, 0) is 24.6 Å². The average Bonchev–Trinajstić information content (AvgIpc) is 2.45. The quantitative estimate of drug-likeness (QED) is 0.913. The lowest BCUT2D eigenvalue weighted by molar-refractivity contribution is 0.213. The molecule has 0 aliphatic heterocycles. The number of aliphatic hydroxyl groups excluding tert-OH is 1. The van der Waals surface area contributed by atoms with Crippen molar-refractivity contribution in [1.29, 1.82) is 0 Å². The molecule has 0 bridgehead atoms. The highest BCUT2D eigenvalue weighted by Gasteiger charge is 2.19. The van der Waals surface area contributed by atoms with E-state index in [9.17, 15) is 9.50 Å². The van der Waals surface area contributed by atoms with Crippen molar-refractivity contribution in [3.63, 3.8) is 0 Å². The highest BCUT2D eigenvalue weighted by Crippen LogP contribution is 2.31. The van der Waals surface area contributed by atoms with E-state index < -0.39 is 11.9 Å². The van der Waals surface area contributed by atoms with Crippen LogP contribution in [0.2, 0.25) is 5.02 Å². The molecule has 0 radical (unpaired) electrons. The first-order valence-corrected chi connectivity index (χ1v) is 6.71. The molecule has 1 heterocycles. The van der Waals surface area contributed by atoms with Crippen LogP contribution in [0.3, 0.4) is 0 Å². The van der Waals surface area contributed by atoms with Crippen molar-refractivity contribution in [1.82, 2.24) is 4.98 Å². The van der Waals surface area contributed by atoms with Gasteiger partial charge in [0.15, 0.2) is 0 Å². The molecule has 0 amide bonds. The van der Waals surface area contributed by atoms with Gasteiger partial charge in [0.2, 0.25) is 0 Å². The number of pyridine rings is 1. The summed E-state index contributed by atoms with van der Waals surface area (Å²) in [5.41, 5.74) is 0.481. The maximum atomic E-state index is 13.8. The Balaban J connectivity index is 2.31. The summed E-state index contributed by atoms with van der Waals surface area (Å²) in [6.45, 7) is 2.55. The van der Waals surface area contributed by atoms with Gasteiger partial charge in [-0.2, -0.15) is 0 Å². The Hall–Kier alpha value is -1.65. The summed E-state index contributed by atoms with van der Waals surface area (Å²) in [6, 6.07) is 5.92. The fourth-order valence-corrected chi connectivity index (χ4v) is 2.09. The zero-order valence-corrected chi connectivity index (χ0v) is 11.8. The minimum Gasteiger partial charge on any atom is -0.492 e. The van der Waals surface area contributed by atoms with Gasteiger partial charge in [-0.1, -0.05) is 24.6 Å². The fourth-order valence-electron chi connectivity index (χ4n) is 1.82. The Bertz CT molecular complexity index is 572. The fraction of sp³-hybridized carbons (Fsp3) is 0.267. The van der Waals surface area contributed by atoms with Gasteiger partial charge < -0.3 is 9.84 Å². The molecule has 106 valence electrons. The summed E-state index contributed by atoms with van der Waals surface area (Å²) in [5, 5.41) is 10.5. The van der Waals surface area contributed by atoms with E-state index in [2.05, 4.69) is 4.98 Å². The van der Waals surface area contributed by atoms with Crippen LogP contribution in [0.1, 0.15) is 30.6 Å². The first kappa shape index (κ1) is 14.8. The Morgan fingerprint density at radius 3 is 2.90 bits per heavy atom. The third-order valence-corrected chi connectivity index (χ3v) is 3.13. The lowest BCUT2D eigenvalue weighted by Gasteiger charge is -2.14. The number of aromatic nitrogens is 1. The van der Waals surface area contributed by atoms with E-state index in [1.165, 1.54) is 24.4 Å². The molecule has 1 aromatic heterocycles. The zero-order valence-electron chi connectivity index (χ0n) is 11.0. The van der Waals surface area contributed by atoms with Crippen LogP contribution in [0, 0.1) is 5.82 Å². The van der Waals surface area contributed by atoms with E-state index in [0.717, 1.165) is 6.42 Å². The monoisotopic (exact) mass is 295 g/mol. The highest BCUT2D eigenvalue weighted by molar-refractivity contribution is 6.31. The molecular weight excluding hydrogens is 281 g/mol. The zero-order chi connectivity index (χ0) is 14.5. The van der Waals surface area contributed by atoms with Crippen LogP contribution in [-0.2, 0) is 0 Å². The number of hydrogen-bond donors (Lipinski definition) is 1. The number of ether oxygens (including phenoxy) is 1. The third-order valence-electron chi connectivity index (χ3n) is 2.80. The van der Waals surface area contributed by atoms with Crippen molar-refractivity contribution in [3.8, 4) is 5.75 Å². The minimum absolute atomic E-state index is 0.0450. The second-order valence-corrected chi connectivity index (χ2v) is 4.75. The molecule has 2 aromatic rings. The molecule has 0 saturated carbocycles. The molecule has 0 saturated heterocycles. The third kappa shape index (κ3) is 3.26. The molecule has 1 unspecified atom stereocenters. The van der Waals surface area contributed by atoms with Crippen LogP contribution in [0.15, 0.2) is 36.7 Å². The summed E-state index contributed by atoms with van der Waals surface area (Å²) in [6.07, 6.45) is 2.70. The Labute approximate surface area is 122 Å². The van der Waals surface area contributed by atoms with Crippen molar-refractivity contribution in [2.75, 3.05) is 6.61 Å². The van der Waals surface area contributed by atoms with Crippen LogP contribution >= 0.6 is 11.6 Å². The highest BCUT2D eigenvalue weighted by atomic mass is 35.5. The van der Waals surface area contributed by atoms with Gasteiger partial charge in [0.05, 0.1) is 12.8 Å². The molecule has 1 atom stereocenters. The molecule has 20 heavy (non-hydrogen) atoms. The molecule has 2 rings (SSSR count). The van der Waals surface area contributed by atoms with Crippen molar-refractivity contribution in [3.05, 3.63) is 58.6 Å². The van der Waals surface area contributed by atoms with Crippen LogP contribution < -0.4 is 4.74 Å². The van der Waals surface area contributed by atoms with Gasteiger partial charge in [0, 0.05) is 22.3 Å². The van der Waals surface area contributed by atoms with Gasteiger partial charge >= 0.3 is 0 Å². The largest absolute Gasteiger partial charge is 0.492 e. The molecule has 5 heteroatoms. The Kier molecular flexibility index (Phi) is 4.93. The molecule has 0 aliphatic rings. The van der Waals surface area contributed by atoms with Crippen LogP contribution in [0.25, 0.3) is 0 Å². The van der Waals surface area contributed by atoms with E-state index in [1.54, 1.807) is 12.3 Å². The van der Waals surface area contributed by atoms with Crippen molar-refractivity contribution < 1.29 is 14.2 Å². The van der Waals surface area contributed by atoms with Crippen molar-refractivity contribution in [2.24, 2.45) is 0 Å². The first-order valence-electron chi connectivity index (χ1n) is 6.33. The molecule has 1 N–H and O–H groups in total. The smallest absolute Gasteiger partial charge is 0.137 e. The van der Waals surface area contributed by atoms with Gasteiger partial charge in [-0.3, -0.25) is 4.98 Å². The number of benzene rings is 1. The lowest BCUT2D eigenvalue weighted by Crippen LogP contribution is -2.05. The number of nitrogens with zero attached hydrogens (tertiary/aromatic N) is 1. The molecule has 0 fully saturated rings. The van der Waals surface area contributed by atoms with E-state index in [0.29, 0.717) is 17.9 Å². The van der Waals surface area contributed by atoms with Crippen LogP contribution in [0.4, 0.5) is 4.39 Å². The van der Waals surface area contributed by atoms with Crippen molar-refractivity contribution >= 4 is 11.6 Å². The van der Waals surface area contributed by atoms with E-state index in [1.807, 2.05) is 6.92 Å². The number of rotatable bonds is 5. The molecule has 0 spiro atoms. The summed E-state index contributed by atoms with van der Waals surface area (Å²) in [4.78, 5) is 3.99. The Morgan fingerprint density at radius 1 is 1.40 bits per heavy atom. The van der Waals surface area contributed by atoms with Crippen molar-refractivity contribution in [2.45, 2.75) is 19.4 Å². The van der Waals surface area contributed by atoms with Crippen LogP contribution in [-0.4, -0.2) is 16.7 Å². The molecule has 0 aliphatic carbocycles. The van der Waals surface area contributed by atoms with Crippen LogP contribution in [0.5, 0.6) is 5.75 Å². The molecule has 1 aromatic carbocycles. The van der Waals surface area contributed by atoms with E-state index in [-0.39, 0.29) is 10.6 Å². The normalized spacial score (nSPS) is 12.2. The number of hydrogen-bond acceptors (Lipinski definition) is 3. The van der Waals surface area contributed by atoms with E-state index in [4.69, 9.17) is 16.3 Å². The summed E-state index contributed by atoms with van der Waals surface area (Å²) in [7, 11) is 0. The summed E-state index contributed by atoms with van der Waals surface area (Å²) in [5.74, 6) is -0.0132. The number of aliphatic hydroxyl groups is 1. The molecule has 3 nitrogen and oxygen atoms in total. The topological polar surface area (TPSA) is 42.4 Å². The maximum absolute atomic E-state index is 13.8. The minimum atomic E-state index is -1.18.